The third-order valence-electron chi connectivity index (χ3n) is 13.2. The highest BCUT2D eigenvalue weighted by molar-refractivity contribution is 7.13. The molecule has 4 atom stereocenters. The van der Waals surface area contributed by atoms with Crippen molar-refractivity contribution in [2.45, 2.75) is 77.7 Å². The number of likely N-dealkylation sites (tertiary alicyclic amines) is 1. The number of ether oxygens (including phenoxy) is 1. The Kier molecular flexibility index (Phi) is 16.3. The number of carbonyl (C=O) groups excluding carboxylic acids is 4. The molecule has 388 valence electrons. The van der Waals surface area contributed by atoms with E-state index in [0.717, 1.165) is 22.2 Å². The second kappa shape index (κ2) is 22.6. The van der Waals surface area contributed by atoms with E-state index >= 15 is 8.78 Å². The number of fused-ring (bicyclic) bond motifs is 1. The van der Waals surface area contributed by atoms with Crippen LogP contribution in [0.1, 0.15) is 67.3 Å². The molecule has 5 heterocycles. The van der Waals surface area contributed by atoms with Gasteiger partial charge in [0.05, 0.1) is 45.6 Å². The Balaban J connectivity index is 0.935. The first-order valence-electron chi connectivity index (χ1n) is 24.0. The number of thiazole rings is 1. The lowest BCUT2D eigenvalue weighted by atomic mass is 9.91. The van der Waals surface area contributed by atoms with Gasteiger partial charge in [-0.3, -0.25) is 14.4 Å². The fourth-order valence-corrected chi connectivity index (χ4v) is 10.4. The lowest BCUT2D eigenvalue weighted by Gasteiger charge is -2.35. The van der Waals surface area contributed by atoms with E-state index in [-0.39, 0.29) is 116 Å². The number of aryl methyl sites for hydroxylation is 2. The average Bonchev–Trinajstić information content (AvgIpc) is 4.10. The van der Waals surface area contributed by atoms with E-state index in [0.29, 0.717) is 41.7 Å². The summed E-state index contributed by atoms with van der Waals surface area (Å²) in [5, 5.41) is 31.4. The Hall–Kier alpha value is -6.75. The summed E-state index contributed by atoms with van der Waals surface area (Å²) < 4.78 is 43.6. The Morgan fingerprint density at radius 2 is 1.85 bits per heavy atom. The maximum Gasteiger partial charge on any atom is 0.314 e. The van der Waals surface area contributed by atoms with Crippen LogP contribution in [0.25, 0.3) is 26.9 Å². The van der Waals surface area contributed by atoms with Crippen molar-refractivity contribution in [3.63, 3.8) is 0 Å². The molecule has 8 rings (SSSR count). The van der Waals surface area contributed by atoms with Crippen LogP contribution in [0.15, 0.2) is 58.3 Å². The maximum absolute atomic E-state index is 16.6. The number of anilines is 2. The van der Waals surface area contributed by atoms with E-state index in [4.69, 9.17) is 26.6 Å². The predicted octanol–water partition coefficient (Wildman–Crippen LogP) is 5.71. The van der Waals surface area contributed by atoms with Gasteiger partial charge in [0, 0.05) is 93.9 Å². The van der Waals surface area contributed by atoms with Crippen LogP contribution >= 0.6 is 22.9 Å². The first-order valence-corrected chi connectivity index (χ1v) is 25.2. The summed E-state index contributed by atoms with van der Waals surface area (Å²) in [7, 11) is 1.63. The fraction of sp³-hybridized carbons (Fsp3) is 0.440. The third-order valence-corrected chi connectivity index (χ3v) is 14.5. The van der Waals surface area contributed by atoms with Gasteiger partial charge in [0.25, 0.3) is 0 Å². The number of primary amides is 1. The van der Waals surface area contributed by atoms with Crippen LogP contribution in [0.5, 0.6) is 5.75 Å². The van der Waals surface area contributed by atoms with Crippen molar-refractivity contribution in [3.8, 4) is 16.2 Å². The normalized spacial score (nSPS) is 18.5. The van der Waals surface area contributed by atoms with Gasteiger partial charge in [-0.2, -0.15) is 4.98 Å². The van der Waals surface area contributed by atoms with Gasteiger partial charge in [-0.05, 0) is 50.0 Å². The van der Waals surface area contributed by atoms with Crippen LogP contribution < -0.4 is 26.0 Å². The molecule has 1 aliphatic carbocycles. The summed E-state index contributed by atoms with van der Waals surface area (Å²) in [6.45, 7) is 8.88. The van der Waals surface area contributed by atoms with E-state index in [2.05, 4.69) is 30.7 Å². The number of nitrogens with two attached hydrogens (primary N) is 1. The van der Waals surface area contributed by atoms with Crippen LogP contribution in [0.3, 0.4) is 0 Å². The second-order valence-corrected chi connectivity index (χ2v) is 19.9. The lowest BCUT2D eigenvalue weighted by Crippen LogP contribution is -2.50. The highest BCUT2D eigenvalue weighted by atomic mass is 35.5. The smallest absolute Gasteiger partial charge is 0.314 e. The van der Waals surface area contributed by atoms with Gasteiger partial charge in [-0.15, -0.1) is 11.3 Å². The van der Waals surface area contributed by atoms with Gasteiger partial charge in [0.15, 0.2) is 5.82 Å². The molecule has 0 radical (unpaired) electrons. The molecule has 0 saturated carbocycles. The Bertz CT molecular complexity index is 2960. The number of aliphatic hydroxyl groups is 2. The zero-order valence-corrected chi connectivity index (χ0v) is 42.6. The van der Waals surface area contributed by atoms with Crippen molar-refractivity contribution >= 4 is 74.9 Å². The summed E-state index contributed by atoms with van der Waals surface area (Å²) in [5.41, 5.74) is 9.39. The quantitative estimate of drug-likeness (QED) is 0.0749. The van der Waals surface area contributed by atoms with Crippen molar-refractivity contribution < 1.29 is 47.4 Å². The summed E-state index contributed by atoms with van der Waals surface area (Å²) in [4.78, 5) is 73.9. The van der Waals surface area contributed by atoms with E-state index in [9.17, 15) is 29.4 Å². The van der Waals surface area contributed by atoms with E-state index in [1.54, 1.807) is 25.5 Å². The molecule has 0 bridgehead atoms. The molecule has 23 heteroatoms. The molecule has 2 fully saturated rings. The Morgan fingerprint density at radius 1 is 1.08 bits per heavy atom. The van der Waals surface area contributed by atoms with Crippen LogP contribution in [0.4, 0.5) is 25.3 Å². The molecule has 1 unspecified atom stereocenters. The molecule has 6 N–H and O–H groups in total. The first-order chi connectivity index (χ1) is 34.9. The Morgan fingerprint density at radius 3 is 2.52 bits per heavy atom. The molecular weight excluding hydrogens is 988 g/mol. The van der Waals surface area contributed by atoms with E-state index < -0.39 is 47.8 Å². The monoisotopic (exact) mass is 1050 g/mol. The van der Waals surface area contributed by atoms with E-state index in [1.165, 1.54) is 38.2 Å². The molecule has 19 nitrogen and oxygen atoms in total. The molecule has 0 spiro atoms. The molecular formula is C50H58ClF2N11O8S. The predicted molar refractivity (Wildman–Crippen MR) is 271 cm³/mol. The molecule has 3 aliphatic rings. The minimum Gasteiger partial charge on any atom is -0.491 e. The number of β-amino-alcohol motifs (C(OH)–C–C–N with tert-alkyl or cyclic N) is 1. The average molecular weight is 1050 g/mol. The number of hydrogen-bond donors (Lipinski definition) is 5. The number of aromatic nitrogens is 4. The number of urea groups is 1. The number of halogens is 3. The van der Waals surface area contributed by atoms with Crippen molar-refractivity contribution in [1.29, 1.82) is 0 Å². The standard InChI is InChI=1S/C50H58ClF2N11O8S/c1-26(2)40(38-19-27(3)60-72-38)48(69)64-24-31(65)21-35(64)47(68)56-23-30-10-9-29(45-28(4)57-25-73-45)20-37(30)71-18-17-61(5)39(67)11-12-55-50-58-44-32(46(59-50)62-13-15-63(16-14-62)49(54)70)22-33(51)41(43(44)53)42-34(52)7-6-8-36(42)66/h6-7,9-10,19-20,22,25-26,31,35-36,40,65-66H,8,11-18,21,23-24H2,1-5H3,(H2,54,70)(H,56,68)(H,55,58,59)/t31-,35+,36?,40+/m1/s1. The third kappa shape index (κ3) is 11.6. The summed E-state index contributed by atoms with van der Waals surface area (Å²) in [5.74, 6) is -2.58. The zero-order valence-electron chi connectivity index (χ0n) is 41.0. The lowest BCUT2D eigenvalue weighted by molar-refractivity contribution is -0.141. The van der Waals surface area contributed by atoms with Crippen molar-refractivity contribution in [1.82, 2.24) is 40.1 Å². The number of hydrogen-bond acceptors (Lipinski definition) is 15. The Labute approximate surface area is 429 Å². The van der Waals surface area contributed by atoms with Gasteiger partial charge in [0.1, 0.15) is 47.2 Å². The molecule has 5 amide bonds. The van der Waals surface area contributed by atoms with E-state index in [1.807, 2.05) is 43.9 Å². The number of aliphatic hydroxyl groups excluding tert-OH is 2. The van der Waals surface area contributed by atoms with Crippen LogP contribution in [-0.4, -0.2) is 146 Å². The molecule has 73 heavy (non-hydrogen) atoms. The van der Waals surface area contributed by atoms with Gasteiger partial charge in [-0.25, -0.2) is 23.5 Å². The number of rotatable bonds is 17. The van der Waals surface area contributed by atoms with Gasteiger partial charge in [0.2, 0.25) is 23.7 Å². The molecule has 5 aromatic rings. The van der Waals surface area contributed by atoms with Crippen LogP contribution in [-0.2, 0) is 20.9 Å². The minimum absolute atomic E-state index is 0.00720. The van der Waals surface area contributed by atoms with Gasteiger partial charge < -0.3 is 55.4 Å². The minimum atomic E-state index is -1.35. The summed E-state index contributed by atoms with van der Waals surface area (Å²) in [6.07, 6.45) is 0.442. The van der Waals surface area contributed by atoms with Crippen molar-refractivity contribution in [3.05, 3.63) is 92.9 Å². The molecule has 2 aliphatic heterocycles. The highest BCUT2D eigenvalue weighted by Gasteiger charge is 2.43. The molecule has 2 saturated heterocycles. The van der Waals surface area contributed by atoms with Gasteiger partial charge >= 0.3 is 6.03 Å². The molecule has 3 aromatic heterocycles. The number of amides is 5. The van der Waals surface area contributed by atoms with Crippen LogP contribution in [0, 0.1) is 25.6 Å². The SMILES string of the molecule is Cc1cc([C@@H](C(=O)N2C[C@H](O)C[C@H]2C(=O)NCc2ccc(-c3scnc3C)cc2OCCN(C)C(=O)CCNc2nc(N3CCN(C(N)=O)CC3)c3cc(Cl)c(C4=C(F)C=CCC4O)c(F)c3n2)C(C)C)on1. The maximum atomic E-state index is 16.6. The van der Waals surface area contributed by atoms with Gasteiger partial charge in [-0.1, -0.05) is 48.8 Å². The van der Waals surface area contributed by atoms with Crippen LogP contribution in [0.2, 0.25) is 5.02 Å². The summed E-state index contributed by atoms with van der Waals surface area (Å²) >= 11 is 8.09. The largest absolute Gasteiger partial charge is 0.491 e. The number of allylic oxidation sites excluding steroid dienone is 2. The number of nitrogens with zero attached hydrogens (tertiary/aromatic N) is 8. The number of likely N-dealkylation sites (N-methyl/N-ethyl adjacent to an activating group) is 1. The van der Waals surface area contributed by atoms with Crippen molar-refractivity contribution in [2.24, 2.45) is 11.7 Å². The second-order valence-electron chi connectivity index (χ2n) is 18.7. The first kappa shape index (κ1) is 52.6. The number of nitrogens with one attached hydrogen (secondary N) is 2. The zero-order chi connectivity index (χ0) is 52.2. The topological polar surface area (TPSA) is 246 Å². The number of carbonyl (C=O) groups is 4. The highest BCUT2D eigenvalue weighted by Crippen LogP contribution is 2.41. The summed E-state index contributed by atoms with van der Waals surface area (Å²) in [6, 6.07) is 7.23. The fourth-order valence-electron chi connectivity index (χ4n) is 9.33. The number of piperazine rings is 1. The molecule has 2 aromatic carbocycles. The van der Waals surface area contributed by atoms with Crippen molar-refractivity contribution in [2.75, 3.05) is 69.7 Å². The number of benzene rings is 2.